The molecule has 104 valence electrons. The summed E-state index contributed by atoms with van der Waals surface area (Å²) >= 11 is 0. The van der Waals surface area contributed by atoms with E-state index in [1.807, 2.05) is 36.4 Å². The molecule has 1 amide bonds. The quantitative estimate of drug-likeness (QED) is 0.794. The van der Waals surface area contributed by atoms with Crippen LogP contribution >= 0.6 is 0 Å². The van der Waals surface area contributed by atoms with Gasteiger partial charge in [0.1, 0.15) is 11.5 Å². The summed E-state index contributed by atoms with van der Waals surface area (Å²) < 4.78 is 5.73. The molecular weight excluding hydrogens is 254 g/mol. The van der Waals surface area contributed by atoms with Crippen LogP contribution in [-0.4, -0.2) is 24.2 Å². The van der Waals surface area contributed by atoms with E-state index in [0.717, 1.165) is 0 Å². The second-order valence-electron chi connectivity index (χ2n) is 4.24. The first-order chi connectivity index (χ1) is 9.81. The van der Waals surface area contributed by atoms with Gasteiger partial charge in [-0.3, -0.25) is 4.79 Å². The molecule has 0 aliphatic heterocycles. The van der Waals surface area contributed by atoms with Gasteiger partial charge >= 0.3 is 0 Å². The van der Waals surface area contributed by atoms with E-state index >= 15 is 0 Å². The molecule has 0 radical (unpaired) electrons. The first-order valence-electron chi connectivity index (χ1n) is 6.52. The summed E-state index contributed by atoms with van der Waals surface area (Å²) in [5.41, 5.74) is 0.481. The molecule has 2 rings (SSSR count). The molecule has 2 aromatic rings. The molecule has 4 heteroatoms. The maximum absolute atomic E-state index is 12.1. The molecule has 0 atom stereocenters. The Morgan fingerprint density at radius 3 is 2.50 bits per heavy atom. The molecule has 0 aliphatic rings. The highest BCUT2D eigenvalue weighted by atomic mass is 16.5. The van der Waals surface area contributed by atoms with Gasteiger partial charge in [0.2, 0.25) is 0 Å². The number of amides is 1. The third-order valence-electron chi connectivity index (χ3n) is 2.72. The number of rotatable bonds is 6. The van der Waals surface area contributed by atoms with E-state index in [-0.39, 0.29) is 12.5 Å². The van der Waals surface area contributed by atoms with E-state index in [2.05, 4.69) is 5.32 Å². The largest absolute Gasteiger partial charge is 0.457 e. The molecule has 4 nitrogen and oxygen atoms in total. The molecule has 0 fully saturated rings. The van der Waals surface area contributed by atoms with E-state index in [0.29, 0.717) is 30.0 Å². The van der Waals surface area contributed by atoms with Crippen molar-refractivity contribution >= 4 is 5.91 Å². The Balaban J connectivity index is 2.11. The fraction of sp³-hybridized carbons (Fsp3) is 0.188. The van der Waals surface area contributed by atoms with Crippen LogP contribution in [0.2, 0.25) is 0 Å². The molecule has 0 bridgehead atoms. The number of hydrogen-bond donors (Lipinski definition) is 2. The average molecular weight is 271 g/mol. The van der Waals surface area contributed by atoms with Crippen LogP contribution < -0.4 is 10.1 Å². The molecule has 0 spiro atoms. The van der Waals surface area contributed by atoms with Crippen molar-refractivity contribution in [3.8, 4) is 11.5 Å². The average Bonchev–Trinajstić information content (AvgIpc) is 2.49. The van der Waals surface area contributed by atoms with Crippen LogP contribution in [0, 0.1) is 0 Å². The van der Waals surface area contributed by atoms with Gasteiger partial charge in [0.05, 0.1) is 5.56 Å². The Morgan fingerprint density at radius 2 is 1.75 bits per heavy atom. The van der Waals surface area contributed by atoms with E-state index in [1.54, 1.807) is 18.2 Å². The Bertz CT molecular complexity index is 555. The first-order valence-corrected chi connectivity index (χ1v) is 6.52. The molecule has 0 aromatic heterocycles. The third-order valence-corrected chi connectivity index (χ3v) is 2.72. The number of para-hydroxylation sites is 2. The first kappa shape index (κ1) is 14.1. The minimum Gasteiger partial charge on any atom is -0.457 e. The van der Waals surface area contributed by atoms with Gasteiger partial charge in [-0.2, -0.15) is 0 Å². The molecule has 0 aliphatic carbocycles. The fourth-order valence-electron chi connectivity index (χ4n) is 1.73. The topological polar surface area (TPSA) is 58.6 Å². The maximum atomic E-state index is 12.1. The molecular formula is C16H17NO3. The SMILES string of the molecule is O=C(NCCCO)c1ccccc1Oc1ccccc1. The smallest absolute Gasteiger partial charge is 0.255 e. The highest BCUT2D eigenvalue weighted by Crippen LogP contribution is 2.24. The normalized spacial score (nSPS) is 10.1. The number of aliphatic hydroxyl groups excluding tert-OH is 1. The molecule has 0 saturated heterocycles. The fourth-order valence-corrected chi connectivity index (χ4v) is 1.73. The third kappa shape index (κ3) is 3.83. The van der Waals surface area contributed by atoms with Crippen molar-refractivity contribution in [3.05, 3.63) is 60.2 Å². The van der Waals surface area contributed by atoms with Crippen molar-refractivity contribution in [1.82, 2.24) is 5.32 Å². The van der Waals surface area contributed by atoms with Crippen LogP contribution in [0.4, 0.5) is 0 Å². The van der Waals surface area contributed by atoms with Crippen LogP contribution in [0.15, 0.2) is 54.6 Å². The minimum absolute atomic E-state index is 0.0580. The number of carbonyl (C=O) groups excluding carboxylic acids is 1. The van der Waals surface area contributed by atoms with Crippen LogP contribution in [0.25, 0.3) is 0 Å². The van der Waals surface area contributed by atoms with Crippen LogP contribution in [-0.2, 0) is 0 Å². The molecule has 2 N–H and O–H groups in total. The van der Waals surface area contributed by atoms with Gasteiger partial charge in [-0.25, -0.2) is 0 Å². The lowest BCUT2D eigenvalue weighted by atomic mass is 10.2. The zero-order valence-corrected chi connectivity index (χ0v) is 11.1. The van der Waals surface area contributed by atoms with Gasteiger partial charge in [0, 0.05) is 13.2 Å². The molecule has 0 unspecified atom stereocenters. The van der Waals surface area contributed by atoms with Gasteiger partial charge in [-0.1, -0.05) is 30.3 Å². The number of benzene rings is 2. The van der Waals surface area contributed by atoms with Crippen molar-refractivity contribution in [2.75, 3.05) is 13.2 Å². The minimum atomic E-state index is -0.204. The van der Waals surface area contributed by atoms with Crippen molar-refractivity contribution in [1.29, 1.82) is 0 Å². The summed E-state index contributed by atoms with van der Waals surface area (Å²) in [6.07, 6.45) is 0.535. The summed E-state index contributed by atoms with van der Waals surface area (Å²) in [5, 5.41) is 11.5. The van der Waals surface area contributed by atoms with Crippen LogP contribution in [0.5, 0.6) is 11.5 Å². The predicted molar refractivity (Wildman–Crippen MR) is 77.0 cm³/mol. The van der Waals surface area contributed by atoms with E-state index in [4.69, 9.17) is 9.84 Å². The van der Waals surface area contributed by atoms with Crippen molar-refractivity contribution in [3.63, 3.8) is 0 Å². The zero-order valence-electron chi connectivity index (χ0n) is 11.1. The maximum Gasteiger partial charge on any atom is 0.255 e. The van der Waals surface area contributed by atoms with Crippen molar-refractivity contribution in [2.24, 2.45) is 0 Å². The molecule has 0 heterocycles. The van der Waals surface area contributed by atoms with Crippen molar-refractivity contribution < 1.29 is 14.6 Å². The Labute approximate surface area is 118 Å². The van der Waals surface area contributed by atoms with Crippen LogP contribution in [0.3, 0.4) is 0 Å². The van der Waals surface area contributed by atoms with Crippen LogP contribution in [0.1, 0.15) is 16.8 Å². The zero-order chi connectivity index (χ0) is 14.2. The van der Waals surface area contributed by atoms with Gasteiger partial charge < -0.3 is 15.2 Å². The van der Waals surface area contributed by atoms with Gasteiger partial charge in [0.15, 0.2) is 0 Å². The number of hydrogen-bond acceptors (Lipinski definition) is 3. The Kier molecular flexibility index (Phi) is 5.15. The summed E-state index contributed by atoms with van der Waals surface area (Å²) in [6.45, 7) is 0.497. The second kappa shape index (κ2) is 7.31. The number of carbonyl (C=O) groups is 1. The standard InChI is InChI=1S/C16H17NO3/c18-12-6-11-17-16(19)14-9-4-5-10-15(14)20-13-7-2-1-3-8-13/h1-5,7-10,18H,6,11-12H2,(H,17,19). The van der Waals surface area contributed by atoms with E-state index in [9.17, 15) is 4.79 Å². The lowest BCUT2D eigenvalue weighted by molar-refractivity contribution is 0.0949. The predicted octanol–water partition coefficient (Wildman–Crippen LogP) is 2.59. The number of ether oxygens (including phenoxy) is 1. The Morgan fingerprint density at radius 1 is 1.05 bits per heavy atom. The lowest BCUT2D eigenvalue weighted by Crippen LogP contribution is -2.25. The van der Waals surface area contributed by atoms with Crippen molar-refractivity contribution in [2.45, 2.75) is 6.42 Å². The van der Waals surface area contributed by atoms with Gasteiger partial charge in [-0.05, 0) is 30.7 Å². The Hall–Kier alpha value is -2.33. The summed E-state index contributed by atoms with van der Waals surface area (Å²) in [5.74, 6) is 0.994. The lowest BCUT2D eigenvalue weighted by Gasteiger charge is -2.11. The molecule has 0 saturated carbocycles. The summed E-state index contributed by atoms with van der Waals surface area (Å²) in [4.78, 5) is 12.1. The monoisotopic (exact) mass is 271 g/mol. The molecule has 20 heavy (non-hydrogen) atoms. The highest BCUT2D eigenvalue weighted by Gasteiger charge is 2.11. The van der Waals surface area contributed by atoms with Gasteiger partial charge in [-0.15, -0.1) is 0 Å². The summed E-state index contributed by atoms with van der Waals surface area (Å²) in [7, 11) is 0. The van der Waals surface area contributed by atoms with E-state index in [1.165, 1.54) is 0 Å². The van der Waals surface area contributed by atoms with Gasteiger partial charge in [0.25, 0.3) is 5.91 Å². The highest BCUT2D eigenvalue weighted by molar-refractivity contribution is 5.96. The van der Waals surface area contributed by atoms with E-state index < -0.39 is 0 Å². The number of aliphatic hydroxyl groups is 1. The second-order valence-corrected chi connectivity index (χ2v) is 4.24. The summed E-state index contributed by atoms with van der Waals surface area (Å²) in [6, 6.07) is 16.4. The number of nitrogens with one attached hydrogen (secondary N) is 1. The molecule has 2 aromatic carbocycles.